The van der Waals surface area contributed by atoms with Crippen molar-refractivity contribution in [2.75, 3.05) is 13.1 Å². The molecule has 4 rings (SSSR count). The van der Waals surface area contributed by atoms with Crippen molar-refractivity contribution in [3.05, 3.63) is 68.1 Å². The maximum absolute atomic E-state index is 12.3. The number of aliphatic hydroxyl groups is 1. The van der Waals surface area contributed by atoms with Crippen LogP contribution in [-0.2, 0) is 11.3 Å². The van der Waals surface area contributed by atoms with E-state index in [0.29, 0.717) is 52.6 Å². The fraction of sp³-hybridized carbons (Fsp3) is 0.333. The fourth-order valence-corrected chi connectivity index (χ4v) is 4.18. The normalized spacial score (nSPS) is 15.9. The highest BCUT2D eigenvalue weighted by atomic mass is 35.5. The van der Waals surface area contributed by atoms with Crippen LogP contribution in [0, 0.1) is 0 Å². The minimum atomic E-state index is -0.916. The number of rotatable bonds is 5. The maximum Gasteiger partial charge on any atom is 0.417 e. The van der Waals surface area contributed by atoms with Crippen molar-refractivity contribution >= 4 is 40.4 Å². The number of halogens is 2. The van der Waals surface area contributed by atoms with Gasteiger partial charge in [-0.3, -0.25) is 10.3 Å². The highest BCUT2D eigenvalue weighted by Gasteiger charge is 2.25. The van der Waals surface area contributed by atoms with Crippen LogP contribution in [0.15, 0.2) is 45.6 Å². The summed E-state index contributed by atoms with van der Waals surface area (Å²) in [7, 11) is 0. The highest BCUT2D eigenvalue weighted by Crippen LogP contribution is 2.22. The molecular weight excluding hydrogens is 445 g/mol. The van der Waals surface area contributed by atoms with Crippen LogP contribution in [0.1, 0.15) is 30.2 Å². The zero-order valence-corrected chi connectivity index (χ0v) is 17.9. The summed E-state index contributed by atoms with van der Waals surface area (Å²) in [6.45, 7) is 1.10. The zero-order valence-electron chi connectivity index (χ0n) is 16.4. The van der Waals surface area contributed by atoms with Gasteiger partial charge in [0, 0.05) is 29.2 Å². The number of hydrogen-bond donors (Lipinski definition) is 3. The lowest BCUT2D eigenvalue weighted by atomic mass is 10.0. The Bertz CT molecular complexity index is 1120. The predicted molar refractivity (Wildman–Crippen MR) is 116 cm³/mol. The molecule has 0 bridgehead atoms. The first kappa shape index (κ1) is 21.7. The molecular formula is C21H21Cl2N3O5. The second-order valence-electron chi connectivity index (χ2n) is 7.43. The second-order valence-corrected chi connectivity index (χ2v) is 8.31. The van der Waals surface area contributed by atoms with Crippen LogP contribution in [0.2, 0.25) is 10.0 Å². The van der Waals surface area contributed by atoms with Crippen molar-refractivity contribution in [3.63, 3.8) is 0 Å². The van der Waals surface area contributed by atoms with E-state index in [1.54, 1.807) is 41.3 Å². The third kappa shape index (κ3) is 5.40. The quantitative estimate of drug-likeness (QED) is 0.494. The van der Waals surface area contributed by atoms with E-state index in [1.807, 2.05) is 0 Å². The van der Waals surface area contributed by atoms with E-state index >= 15 is 0 Å². The molecule has 10 heteroatoms. The SMILES string of the molecule is O=C(OCc1cc(Cl)cc(Cl)c1)N1CCC(NC(O)c2ccc3[nH]c(=O)oc3c2)CC1. The van der Waals surface area contributed by atoms with E-state index in [2.05, 4.69) is 10.3 Å². The Morgan fingerprint density at radius 1 is 1.23 bits per heavy atom. The van der Waals surface area contributed by atoms with Gasteiger partial charge in [0.15, 0.2) is 5.58 Å². The Kier molecular flexibility index (Phi) is 6.52. The van der Waals surface area contributed by atoms with Crippen LogP contribution in [0.5, 0.6) is 0 Å². The third-order valence-electron chi connectivity index (χ3n) is 5.19. The molecule has 1 saturated heterocycles. The summed E-state index contributed by atoms with van der Waals surface area (Å²) in [6, 6.07) is 10.1. The summed E-state index contributed by atoms with van der Waals surface area (Å²) in [5.74, 6) is -0.535. The van der Waals surface area contributed by atoms with Crippen molar-refractivity contribution in [3.8, 4) is 0 Å². The number of oxazole rings is 1. The lowest BCUT2D eigenvalue weighted by molar-refractivity contribution is 0.0726. The monoisotopic (exact) mass is 465 g/mol. The molecule has 0 radical (unpaired) electrons. The smallest absolute Gasteiger partial charge is 0.417 e. The van der Waals surface area contributed by atoms with Crippen LogP contribution >= 0.6 is 23.2 Å². The lowest BCUT2D eigenvalue weighted by Crippen LogP contribution is -2.46. The number of hydrogen-bond acceptors (Lipinski definition) is 6. The molecule has 3 N–H and O–H groups in total. The van der Waals surface area contributed by atoms with Crippen molar-refractivity contribution < 1.29 is 19.1 Å². The number of nitrogens with zero attached hydrogens (tertiary/aromatic N) is 1. The summed E-state index contributed by atoms with van der Waals surface area (Å²) in [5, 5.41) is 14.6. The number of likely N-dealkylation sites (tertiary alicyclic amines) is 1. The van der Waals surface area contributed by atoms with E-state index in [-0.39, 0.29) is 12.6 Å². The fourth-order valence-electron chi connectivity index (χ4n) is 3.61. The van der Waals surface area contributed by atoms with Gasteiger partial charge in [0.2, 0.25) is 0 Å². The maximum atomic E-state index is 12.3. The van der Waals surface area contributed by atoms with Crippen LogP contribution in [0.25, 0.3) is 11.1 Å². The van der Waals surface area contributed by atoms with Gasteiger partial charge in [0.1, 0.15) is 12.8 Å². The Balaban J connectivity index is 1.26. The first-order valence-electron chi connectivity index (χ1n) is 9.81. The number of aliphatic hydroxyl groups excluding tert-OH is 1. The first-order chi connectivity index (χ1) is 14.9. The molecule has 0 saturated carbocycles. The van der Waals surface area contributed by atoms with Crippen molar-refractivity contribution in [2.24, 2.45) is 0 Å². The molecule has 1 unspecified atom stereocenters. The Labute approximate surface area is 187 Å². The van der Waals surface area contributed by atoms with Gasteiger partial charge in [-0.1, -0.05) is 29.3 Å². The zero-order chi connectivity index (χ0) is 22.0. The molecule has 0 aliphatic carbocycles. The summed E-state index contributed by atoms with van der Waals surface area (Å²) in [6.07, 6.45) is 0.0107. The van der Waals surface area contributed by atoms with Gasteiger partial charge >= 0.3 is 11.8 Å². The number of amides is 1. The van der Waals surface area contributed by atoms with E-state index < -0.39 is 18.1 Å². The molecule has 1 amide bonds. The van der Waals surface area contributed by atoms with E-state index in [1.165, 1.54) is 0 Å². The number of ether oxygens (including phenoxy) is 1. The number of nitrogens with one attached hydrogen (secondary N) is 2. The molecule has 1 aliphatic heterocycles. The summed E-state index contributed by atoms with van der Waals surface area (Å²) in [4.78, 5) is 27.8. The third-order valence-corrected chi connectivity index (χ3v) is 5.63. The molecule has 8 nitrogen and oxygen atoms in total. The molecule has 1 atom stereocenters. The van der Waals surface area contributed by atoms with Crippen LogP contribution in [-0.4, -0.2) is 40.2 Å². The van der Waals surface area contributed by atoms with Crippen molar-refractivity contribution in [1.82, 2.24) is 15.2 Å². The summed E-state index contributed by atoms with van der Waals surface area (Å²) < 4.78 is 10.4. The van der Waals surface area contributed by atoms with Gasteiger partial charge in [0.05, 0.1) is 5.52 Å². The number of aromatic nitrogens is 1. The molecule has 3 aromatic rings. The topological polar surface area (TPSA) is 108 Å². The molecule has 1 aromatic heterocycles. The van der Waals surface area contributed by atoms with Gasteiger partial charge in [-0.25, -0.2) is 9.59 Å². The molecule has 31 heavy (non-hydrogen) atoms. The molecule has 1 aliphatic rings. The van der Waals surface area contributed by atoms with Gasteiger partial charge in [-0.05, 0) is 54.3 Å². The van der Waals surface area contributed by atoms with Gasteiger partial charge < -0.3 is 19.2 Å². The first-order valence-corrected chi connectivity index (χ1v) is 10.6. The van der Waals surface area contributed by atoms with Crippen LogP contribution in [0.3, 0.4) is 0 Å². The van der Waals surface area contributed by atoms with Crippen molar-refractivity contribution in [2.45, 2.75) is 31.7 Å². The minimum absolute atomic E-state index is 0.0275. The second kappa shape index (κ2) is 9.32. The van der Waals surface area contributed by atoms with Gasteiger partial charge in [0.25, 0.3) is 0 Å². The molecule has 2 aromatic carbocycles. The average molecular weight is 466 g/mol. The summed E-state index contributed by atoms with van der Waals surface area (Å²) in [5.41, 5.74) is 2.28. The summed E-state index contributed by atoms with van der Waals surface area (Å²) >= 11 is 11.9. The van der Waals surface area contributed by atoms with E-state index in [4.69, 9.17) is 32.4 Å². The molecule has 164 valence electrons. The Hall–Kier alpha value is -2.52. The number of carbonyl (C=O) groups is 1. The largest absolute Gasteiger partial charge is 0.445 e. The van der Waals surface area contributed by atoms with Crippen molar-refractivity contribution in [1.29, 1.82) is 0 Å². The van der Waals surface area contributed by atoms with E-state index in [9.17, 15) is 14.7 Å². The number of H-pyrrole nitrogens is 1. The molecule has 0 spiro atoms. The van der Waals surface area contributed by atoms with Crippen LogP contribution in [0.4, 0.5) is 4.79 Å². The van der Waals surface area contributed by atoms with Gasteiger partial charge in [-0.15, -0.1) is 0 Å². The number of benzene rings is 2. The number of aromatic amines is 1. The number of carbonyl (C=O) groups excluding carboxylic acids is 1. The Morgan fingerprint density at radius 3 is 2.65 bits per heavy atom. The van der Waals surface area contributed by atoms with Gasteiger partial charge in [-0.2, -0.15) is 0 Å². The average Bonchev–Trinajstić information content (AvgIpc) is 3.11. The number of piperidine rings is 1. The van der Waals surface area contributed by atoms with E-state index in [0.717, 1.165) is 5.56 Å². The predicted octanol–water partition coefficient (Wildman–Crippen LogP) is 3.81. The Morgan fingerprint density at radius 2 is 1.94 bits per heavy atom. The lowest BCUT2D eigenvalue weighted by Gasteiger charge is -2.33. The molecule has 1 fully saturated rings. The molecule has 2 heterocycles. The standard InChI is InChI=1S/C21H21Cl2N3O5/c22-14-7-12(8-15(23)10-14)11-30-21(29)26-5-3-16(4-6-26)24-19(27)13-1-2-17-18(9-13)31-20(28)25-17/h1-2,7-10,16,19,24,27H,3-6,11H2,(H,25,28). The minimum Gasteiger partial charge on any atom is -0.445 e. The highest BCUT2D eigenvalue weighted by molar-refractivity contribution is 6.34. The van der Waals surface area contributed by atoms with Crippen LogP contribution < -0.4 is 11.1 Å². The number of fused-ring (bicyclic) bond motifs is 1.